The van der Waals surface area contributed by atoms with Crippen LogP contribution in [0.2, 0.25) is 0 Å². The van der Waals surface area contributed by atoms with Gasteiger partial charge < -0.3 is 15.8 Å². The van der Waals surface area contributed by atoms with Crippen molar-refractivity contribution in [2.75, 3.05) is 13.2 Å². The molecule has 1 saturated carbocycles. The van der Waals surface area contributed by atoms with Gasteiger partial charge in [0.05, 0.1) is 12.7 Å². The Kier molecular flexibility index (Phi) is 6.42. The van der Waals surface area contributed by atoms with Gasteiger partial charge in [0, 0.05) is 0 Å². The van der Waals surface area contributed by atoms with E-state index >= 15 is 0 Å². The average Bonchev–Trinajstić information content (AvgIpc) is 2.52. The average molecular weight is 228 g/mol. The summed E-state index contributed by atoms with van der Waals surface area (Å²) in [7, 11) is 0. The van der Waals surface area contributed by atoms with Crippen LogP contribution >= 0.6 is 0 Å². The second-order valence-corrected chi connectivity index (χ2v) is 4.46. The normalized spacial score (nSPS) is 20.3. The summed E-state index contributed by atoms with van der Waals surface area (Å²) in [5.74, 6) is -0.324. The lowest BCUT2D eigenvalue weighted by Crippen LogP contribution is -2.45. The van der Waals surface area contributed by atoms with Crippen LogP contribution in [0.5, 0.6) is 0 Å². The maximum atomic E-state index is 11.1. The fourth-order valence-corrected chi connectivity index (χ4v) is 2.13. The van der Waals surface area contributed by atoms with Gasteiger partial charge in [-0.05, 0) is 19.4 Å². The highest BCUT2D eigenvalue weighted by Crippen LogP contribution is 2.19. The molecule has 4 heteroatoms. The topological polar surface area (TPSA) is 64.3 Å². The molecule has 0 aromatic carbocycles. The molecule has 1 unspecified atom stereocenters. The van der Waals surface area contributed by atoms with Gasteiger partial charge in [-0.2, -0.15) is 0 Å². The molecule has 1 atom stereocenters. The number of amides is 1. The minimum absolute atomic E-state index is 0.322. The van der Waals surface area contributed by atoms with Crippen LogP contribution in [0, 0.1) is 0 Å². The molecule has 1 rings (SSSR count). The van der Waals surface area contributed by atoms with E-state index < -0.39 is 0 Å². The van der Waals surface area contributed by atoms with Gasteiger partial charge in [0.2, 0.25) is 5.91 Å². The molecule has 94 valence electrons. The van der Waals surface area contributed by atoms with Crippen LogP contribution in [0.25, 0.3) is 0 Å². The van der Waals surface area contributed by atoms with E-state index in [1.807, 2.05) is 6.92 Å². The first-order valence-electron chi connectivity index (χ1n) is 6.38. The van der Waals surface area contributed by atoms with Gasteiger partial charge in [-0.15, -0.1) is 0 Å². The van der Waals surface area contributed by atoms with E-state index in [2.05, 4.69) is 5.32 Å². The van der Waals surface area contributed by atoms with Gasteiger partial charge in [0.15, 0.2) is 0 Å². The number of hydrogen-bond donors (Lipinski definition) is 2. The molecule has 0 aliphatic heterocycles. The van der Waals surface area contributed by atoms with E-state index in [0.717, 1.165) is 19.4 Å². The van der Waals surface area contributed by atoms with E-state index in [1.165, 1.54) is 25.7 Å². The first-order chi connectivity index (χ1) is 7.74. The number of carbonyl (C=O) groups excluding carboxylic acids is 1. The largest absolute Gasteiger partial charge is 0.376 e. The van der Waals surface area contributed by atoms with Crippen molar-refractivity contribution >= 4 is 5.91 Å². The fourth-order valence-electron chi connectivity index (χ4n) is 2.13. The summed E-state index contributed by atoms with van der Waals surface area (Å²) >= 11 is 0. The van der Waals surface area contributed by atoms with Crippen LogP contribution in [0.3, 0.4) is 0 Å². The molecule has 0 saturated heterocycles. The van der Waals surface area contributed by atoms with E-state index in [0.29, 0.717) is 12.7 Å². The lowest BCUT2D eigenvalue weighted by atomic mass is 10.1. The highest BCUT2D eigenvalue weighted by atomic mass is 16.5. The van der Waals surface area contributed by atoms with Crippen molar-refractivity contribution in [3.05, 3.63) is 0 Å². The molecule has 0 bridgehead atoms. The lowest BCUT2D eigenvalue weighted by Gasteiger charge is -2.19. The summed E-state index contributed by atoms with van der Waals surface area (Å²) in [6.45, 7) is 3.11. The third kappa shape index (κ3) is 4.94. The molecule has 1 amide bonds. The minimum atomic E-state index is -0.340. The zero-order valence-electron chi connectivity index (χ0n) is 10.2. The third-order valence-electron chi connectivity index (χ3n) is 3.09. The third-order valence-corrected chi connectivity index (χ3v) is 3.09. The maximum absolute atomic E-state index is 11.1. The number of hydrogen-bond acceptors (Lipinski definition) is 3. The Bertz CT molecular complexity index is 201. The van der Waals surface area contributed by atoms with E-state index in [1.54, 1.807) is 0 Å². The van der Waals surface area contributed by atoms with Crippen molar-refractivity contribution in [1.82, 2.24) is 5.32 Å². The summed E-state index contributed by atoms with van der Waals surface area (Å²) in [5.41, 5.74) is 5.29. The second kappa shape index (κ2) is 7.63. The number of nitrogens with one attached hydrogen (secondary N) is 1. The zero-order chi connectivity index (χ0) is 11.8. The Morgan fingerprint density at radius 1 is 1.38 bits per heavy atom. The smallest absolute Gasteiger partial charge is 0.236 e. The van der Waals surface area contributed by atoms with Crippen LogP contribution in [-0.2, 0) is 9.53 Å². The van der Waals surface area contributed by atoms with Crippen molar-refractivity contribution in [1.29, 1.82) is 0 Å². The molecule has 0 heterocycles. The molecule has 0 spiro atoms. The summed E-state index contributed by atoms with van der Waals surface area (Å²) in [5, 5.41) is 3.04. The molecule has 1 aliphatic carbocycles. The Morgan fingerprint density at radius 3 is 2.50 bits per heavy atom. The molecule has 4 nitrogen and oxygen atoms in total. The summed E-state index contributed by atoms with van der Waals surface area (Å²) in [4.78, 5) is 11.1. The van der Waals surface area contributed by atoms with Gasteiger partial charge in [-0.3, -0.25) is 4.79 Å². The SMILES string of the molecule is CCNC(COC1CCCCCC1)C(N)=O. The number of likely N-dealkylation sites (N-methyl/N-ethyl adjacent to an activating group) is 1. The Labute approximate surface area is 97.9 Å². The standard InChI is InChI=1S/C12H24N2O2/c1-2-14-11(12(13)15)9-16-10-7-5-3-4-6-8-10/h10-11,14H,2-9H2,1H3,(H2,13,15). The van der Waals surface area contributed by atoms with Crippen molar-refractivity contribution in [2.24, 2.45) is 5.73 Å². The van der Waals surface area contributed by atoms with Gasteiger partial charge >= 0.3 is 0 Å². The predicted molar refractivity (Wildman–Crippen MR) is 64.1 cm³/mol. The van der Waals surface area contributed by atoms with Crippen molar-refractivity contribution < 1.29 is 9.53 Å². The predicted octanol–water partition coefficient (Wildman–Crippen LogP) is 1.19. The minimum Gasteiger partial charge on any atom is -0.376 e. The molecular weight excluding hydrogens is 204 g/mol. The molecule has 0 aromatic heterocycles. The Morgan fingerprint density at radius 2 is 2.00 bits per heavy atom. The number of nitrogens with two attached hydrogens (primary N) is 1. The lowest BCUT2D eigenvalue weighted by molar-refractivity contribution is -0.122. The Hall–Kier alpha value is -0.610. The zero-order valence-corrected chi connectivity index (χ0v) is 10.2. The van der Waals surface area contributed by atoms with Crippen molar-refractivity contribution in [3.8, 4) is 0 Å². The molecular formula is C12H24N2O2. The van der Waals surface area contributed by atoms with E-state index in [4.69, 9.17) is 10.5 Å². The highest BCUT2D eigenvalue weighted by molar-refractivity contribution is 5.79. The number of carbonyl (C=O) groups is 1. The van der Waals surface area contributed by atoms with Crippen LogP contribution in [-0.4, -0.2) is 31.2 Å². The van der Waals surface area contributed by atoms with Gasteiger partial charge in [0.25, 0.3) is 0 Å². The number of ether oxygens (including phenoxy) is 1. The summed E-state index contributed by atoms with van der Waals surface area (Å²) in [6, 6.07) is -0.340. The quantitative estimate of drug-likeness (QED) is 0.671. The van der Waals surface area contributed by atoms with Crippen LogP contribution < -0.4 is 11.1 Å². The van der Waals surface area contributed by atoms with Gasteiger partial charge in [-0.25, -0.2) is 0 Å². The van der Waals surface area contributed by atoms with E-state index in [-0.39, 0.29) is 11.9 Å². The molecule has 0 aromatic rings. The van der Waals surface area contributed by atoms with E-state index in [9.17, 15) is 4.79 Å². The fraction of sp³-hybridized carbons (Fsp3) is 0.917. The van der Waals surface area contributed by atoms with Crippen LogP contribution in [0.4, 0.5) is 0 Å². The molecule has 0 radical (unpaired) electrons. The Balaban J connectivity index is 2.26. The van der Waals surface area contributed by atoms with Crippen molar-refractivity contribution in [3.63, 3.8) is 0 Å². The first kappa shape index (κ1) is 13.5. The highest BCUT2D eigenvalue weighted by Gasteiger charge is 2.18. The molecule has 16 heavy (non-hydrogen) atoms. The second-order valence-electron chi connectivity index (χ2n) is 4.46. The summed E-state index contributed by atoms with van der Waals surface area (Å²) < 4.78 is 5.78. The van der Waals surface area contributed by atoms with Crippen LogP contribution in [0.15, 0.2) is 0 Å². The van der Waals surface area contributed by atoms with Gasteiger partial charge in [0.1, 0.15) is 6.04 Å². The maximum Gasteiger partial charge on any atom is 0.236 e. The monoisotopic (exact) mass is 228 g/mol. The first-order valence-corrected chi connectivity index (χ1v) is 6.38. The molecule has 3 N–H and O–H groups in total. The van der Waals surface area contributed by atoms with Crippen molar-refractivity contribution in [2.45, 2.75) is 57.6 Å². The summed E-state index contributed by atoms with van der Waals surface area (Å²) in [6.07, 6.45) is 7.68. The molecule has 1 fully saturated rings. The number of primary amides is 1. The number of rotatable bonds is 6. The van der Waals surface area contributed by atoms with Crippen LogP contribution in [0.1, 0.15) is 45.4 Å². The van der Waals surface area contributed by atoms with Gasteiger partial charge in [-0.1, -0.05) is 32.6 Å². The molecule has 1 aliphatic rings.